The summed E-state index contributed by atoms with van der Waals surface area (Å²) in [6.45, 7) is 0.642. The summed E-state index contributed by atoms with van der Waals surface area (Å²) < 4.78 is 23.1. The van der Waals surface area contributed by atoms with E-state index in [9.17, 15) is 4.39 Å². The van der Waals surface area contributed by atoms with Crippen LogP contribution in [-0.2, 0) is 6.54 Å². The second-order valence-corrected chi connectivity index (χ2v) is 5.08. The number of ether oxygens (including phenoxy) is 2. The second-order valence-electron chi connectivity index (χ2n) is 4.64. The zero-order chi connectivity index (χ0) is 13.7. The van der Waals surface area contributed by atoms with Gasteiger partial charge in [-0.2, -0.15) is 0 Å². The van der Waals surface area contributed by atoms with E-state index in [0.29, 0.717) is 42.1 Å². The molecular formula is C14H19ClFNO2. The summed E-state index contributed by atoms with van der Waals surface area (Å²) in [4.78, 5) is 0. The monoisotopic (exact) mass is 287 g/mol. The number of halogens is 2. The fourth-order valence-electron chi connectivity index (χ4n) is 1.84. The minimum absolute atomic E-state index is 0.338. The van der Waals surface area contributed by atoms with Crippen molar-refractivity contribution < 1.29 is 13.9 Å². The Balaban J connectivity index is 2.12. The van der Waals surface area contributed by atoms with Gasteiger partial charge in [0.25, 0.3) is 0 Å². The molecule has 0 amide bonds. The normalized spacial score (nSPS) is 14.5. The Morgan fingerprint density at radius 3 is 2.84 bits per heavy atom. The first-order chi connectivity index (χ1) is 9.24. The summed E-state index contributed by atoms with van der Waals surface area (Å²) in [5.41, 5.74) is 0.954. The van der Waals surface area contributed by atoms with Crippen LogP contribution in [0.25, 0.3) is 0 Å². The van der Waals surface area contributed by atoms with Gasteiger partial charge in [0, 0.05) is 35.7 Å². The van der Waals surface area contributed by atoms with Crippen molar-refractivity contribution in [2.45, 2.75) is 31.8 Å². The number of rotatable bonds is 8. The molecule has 0 spiro atoms. The minimum atomic E-state index is -0.383. The number of hydrogen-bond donors (Lipinski definition) is 1. The maximum Gasteiger partial charge on any atom is 0.165 e. The summed E-state index contributed by atoms with van der Waals surface area (Å²) >= 11 is 6.07. The van der Waals surface area contributed by atoms with Gasteiger partial charge < -0.3 is 14.8 Å². The molecule has 19 heavy (non-hydrogen) atoms. The molecule has 1 aliphatic carbocycles. The van der Waals surface area contributed by atoms with Crippen molar-refractivity contribution in [1.82, 2.24) is 5.32 Å². The molecule has 1 fully saturated rings. The molecule has 0 atom stereocenters. The van der Waals surface area contributed by atoms with Gasteiger partial charge in [0.2, 0.25) is 0 Å². The van der Waals surface area contributed by atoms with Crippen LogP contribution in [0, 0.1) is 0 Å². The van der Waals surface area contributed by atoms with E-state index in [1.54, 1.807) is 13.2 Å². The number of methoxy groups -OCH3 is 1. The number of nitrogens with one attached hydrogen (secondary N) is 1. The van der Waals surface area contributed by atoms with Crippen LogP contribution in [0.5, 0.6) is 11.5 Å². The fourth-order valence-corrected chi connectivity index (χ4v) is 2.07. The SMILES string of the molecule is COc1cc(Cl)cc(CNC2CC2)c1OCCCF. The Bertz CT molecular complexity index is 424. The molecular weight excluding hydrogens is 269 g/mol. The molecule has 0 radical (unpaired) electrons. The van der Waals surface area contributed by atoms with Crippen molar-refractivity contribution in [2.24, 2.45) is 0 Å². The molecule has 0 heterocycles. The van der Waals surface area contributed by atoms with Crippen molar-refractivity contribution >= 4 is 11.6 Å². The Morgan fingerprint density at radius 2 is 2.21 bits per heavy atom. The molecule has 0 bridgehead atoms. The van der Waals surface area contributed by atoms with E-state index >= 15 is 0 Å². The van der Waals surface area contributed by atoms with E-state index in [0.717, 1.165) is 5.56 Å². The second kappa shape index (κ2) is 6.96. The topological polar surface area (TPSA) is 30.5 Å². The van der Waals surface area contributed by atoms with Crippen LogP contribution >= 0.6 is 11.6 Å². The highest BCUT2D eigenvalue weighted by molar-refractivity contribution is 6.30. The Kier molecular flexibility index (Phi) is 5.28. The Hall–Kier alpha value is -1.00. The predicted octanol–water partition coefficient (Wildman–Crippen LogP) is 3.34. The fraction of sp³-hybridized carbons (Fsp3) is 0.571. The van der Waals surface area contributed by atoms with Crippen LogP contribution in [0.1, 0.15) is 24.8 Å². The van der Waals surface area contributed by atoms with E-state index in [4.69, 9.17) is 21.1 Å². The molecule has 0 aliphatic heterocycles. The molecule has 5 heteroatoms. The van der Waals surface area contributed by atoms with E-state index in [-0.39, 0.29) is 6.67 Å². The van der Waals surface area contributed by atoms with Gasteiger partial charge >= 0.3 is 0 Å². The number of alkyl halides is 1. The van der Waals surface area contributed by atoms with Gasteiger partial charge in [0.15, 0.2) is 11.5 Å². The number of benzene rings is 1. The largest absolute Gasteiger partial charge is 0.493 e. The molecule has 2 rings (SSSR count). The average Bonchev–Trinajstić information content (AvgIpc) is 3.22. The molecule has 1 aliphatic rings. The van der Waals surface area contributed by atoms with Gasteiger partial charge in [-0.1, -0.05) is 11.6 Å². The quantitative estimate of drug-likeness (QED) is 0.744. The lowest BCUT2D eigenvalue weighted by Gasteiger charge is -2.16. The van der Waals surface area contributed by atoms with Crippen molar-refractivity contribution in [2.75, 3.05) is 20.4 Å². The standard InChI is InChI=1S/C14H19ClFNO2/c1-18-13-8-11(15)7-10(9-17-12-3-4-12)14(13)19-6-2-5-16/h7-8,12,17H,2-6,9H2,1H3. The summed E-state index contributed by atoms with van der Waals surface area (Å²) in [7, 11) is 1.58. The summed E-state index contributed by atoms with van der Waals surface area (Å²) in [5, 5.41) is 4.03. The van der Waals surface area contributed by atoms with Crippen LogP contribution in [0.4, 0.5) is 4.39 Å². The third-order valence-corrected chi connectivity index (χ3v) is 3.22. The van der Waals surface area contributed by atoms with Gasteiger partial charge in [0.1, 0.15) is 0 Å². The summed E-state index contributed by atoms with van der Waals surface area (Å²) in [5.74, 6) is 1.26. The number of hydrogen-bond acceptors (Lipinski definition) is 3. The predicted molar refractivity (Wildman–Crippen MR) is 74.0 cm³/mol. The lowest BCUT2D eigenvalue weighted by atomic mass is 10.1. The lowest BCUT2D eigenvalue weighted by molar-refractivity contribution is 0.270. The molecule has 0 saturated heterocycles. The Morgan fingerprint density at radius 1 is 1.42 bits per heavy atom. The van der Waals surface area contributed by atoms with Crippen molar-refractivity contribution in [3.63, 3.8) is 0 Å². The third kappa shape index (κ3) is 4.25. The van der Waals surface area contributed by atoms with Crippen LogP contribution in [-0.4, -0.2) is 26.4 Å². The van der Waals surface area contributed by atoms with Crippen LogP contribution in [0.3, 0.4) is 0 Å². The zero-order valence-corrected chi connectivity index (χ0v) is 11.8. The first kappa shape index (κ1) is 14.4. The first-order valence-electron chi connectivity index (χ1n) is 6.53. The van der Waals surface area contributed by atoms with Crippen LogP contribution in [0.2, 0.25) is 5.02 Å². The van der Waals surface area contributed by atoms with Crippen molar-refractivity contribution in [1.29, 1.82) is 0 Å². The maximum absolute atomic E-state index is 12.2. The third-order valence-electron chi connectivity index (χ3n) is 3.00. The lowest BCUT2D eigenvalue weighted by Crippen LogP contribution is -2.16. The van der Waals surface area contributed by atoms with Gasteiger partial charge in [-0.15, -0.1) is 0 Å². The smallest absolute Gasteiger partial charge is 0.165 e. The molecule has 1 aromatic carbocycles. The molecule has 3 nitrogen and oxygen atoms in total. The molecule has 1 N–H and O–H groups in total. The van der Waals surface area contributed by atoms with Gasteiger partial charge in [-0.3, -0.25) is 4.39 Å². The van der Waals surface area contributed by atoms with E-state index in [1.807, 2.05) is 6.07 Å². The molecule has 0 aromatic heterocycles. The molecule has 0 unspecified atom stereocenters. The first-order valence-corrected chi connectivity index (χ1v) is 6.91. The van der Waals surface area contributed by atoms with Gasteiger partial charge in [0.05, 0.1) is 20.4 Å². The molecule has 106 valence electrons. The zero-order valence-electron chi connectivity index (χ0n) is 11.0. The van der Waals surface area contributed by atoms with Crippen molar-refractivity contribution in [3.8, 4) is 11.5 Å². The molecule has 1 saturated carbocycles. The highest BCUT2D eigenvalue weighted by Crippen LogP contribution is 2.35. The van der Waals surface area contributed by atoms with Crippen LogP contribution < -0.4 is 14.8 Å². The minimum Gasteiger partial charge on any atom is -0.493 e. The summed E-state index contributed by atoms with van der Waals surface area (Å²) in [6, 6.07) is 4.18. The highest BCUT2D eigenvalue weighted by atomic mass is 35.5. The van der Waals surface area contributed by atoms with Gasteiger partial charge in [-0.25, -0.2) is 0 Å². The van der Waals surface area contributed by atoms with E-state index < -0.39 is 0 Å². The Labute approximate surface area is 118 Å². The highest BCUT2D eigenvalue weighted by Gasteiger charge is 2.21. The van der Waals surface area contributed by atoms with Crippen molar-refractivity contribution in [3.05, 3.63) is 22.7 Å². The summed E-state index contributed by atoms with van der Waals surface area (Å²) in [6.07, 6.45) is 2.81. The molecule has 1 aromatic rings. The van der Waals surface area contributed by atoms with Crippen LogP contribution in [0.15, 0.2) is 12.1 Å². The van der Waals surface area contributed by atoms with E-state index in [1.165, 1.54) is 12.8 Å². The van der Waals surface area contributed by atoms with E-state index in [2.05, 4.69) is 5.32 Å². The average molecular weight is 288 g/mol. The maximum atomic E-state index is 12.2. The van der Waals surface area contributed by atoms with Gasteiger partial charge in [-0.05, 0) is 18.9 Å².